The van der Waals surface area contributed by atoms with Gasteiger partial charge in [-0.1, -0.05) is 42.1 Å². The predicted molar refractivity (Wildman–Crippen MR) is 131 cm³/mol. The summed E-state index contributed by atoms with van der Waals surface area (Å²) in [5.74, 6) is 2.57. The summed E-state index contributed by atoms with van der Waals surface area (Å²) >= 11 is 1.23. The minimum Gasteiger partial charge on any atom is -0.493 e. The van der Waals surface area contributed by atoms with Crippen LogP contribution in [0.15, 0.2) is 68.9 Å². The van der Waals surface area contributed by atoms with E-state index in [9.17, 15) is 4.79 Å². The molecule has 2 aromatic carbocycles. The highest BCUT2D eigenvalue weighted by molar-refractivity contribution is 7.99. The van der Waals surface area contributed by atoms with Gasteiger partial charge in [-0.15, -0.1) is 10.2 Å². The number of nitrogens with zero attached hydrogens (tertiary/aromatic N) is 3. The molecule has 0 aliphatic carbocycles. The van der Waals surface area contributed by atoms with Gasteiger partial charge in [-0.2, -0.15) is 0 Å². The summed E-state index contributed by atoms with van der Waals surface area (Å²) in [6.07, 6.45) is 2.30. The van der Waals surface area contributed by atoms with E-state index in [1.807, 2.05) is 54.3 Å². The Kier molecular flexibility index (Phi) is 6.50. The Bertz CT molecular complexity index is 1330. The molecule has 0 bridgehead atoms. The molecule has 0 spiro atoms. The fourth-order valence-electron chi connectivity index (χ4n) is 4.40. The van der Waals surface area contributed by atoms with Gasteiger partial charge in [0.1, 0.15) is 5.76 Å². The Hall–Kier alpha value is -3.72. The largest absolute Gasteiger partial charge is 0.493 e. The molecule has 8 nitrogen and oxygen atoms in total. The number of amides is 1. The highest BCUT2D eigenvalue weighted by Gasteiger charge is 2.33. The highest BCUT2D eigenvalue weighted by Crippen LogP contribution is 2.41. The van der Waals surface area contributed by atoms with Crippen LogP contribution in [0.2, 0.25) is 0 Å². The molecule has 0 radical (unpaired) electrons. The molecule has 0 fully saturated rings. The second kappa shape index (κ2) is 9.87. The lowest BCUT2D eigenvalue weighted by molar-refractivity contribution is -0.130. The van der Waals surface area contributed by atoms with Crippen LogP contribution < -0.4 is 9.47 Å². The second-order valence-corrected chi connectivity index (χ2v) is 9.04. The zero-order chi connectivity index (χ0) is 24.4. The van der Waals surface area contributed by atoms with Crippen molar-refractivity contribution in [3.05, 3.63) is 77.2 Å². The third-order valence-corrected chi connectivity index (χ3v) is 6.93. The molecule has 3 heterocycles. The van der Waals surface area contributed by atoms with Crippen molar-refractivity contribution in [1.82, 2.24) is 15.1 Å². The molecule has 0 saturated heterocycles. The van der Waals surface area contributed by atoms with Crippen LogP contribution in [0, 0.1) is 6.92 Å². The number of hydrogen-bond donors (Lipinski definition) is 0. The number of thioether (sulfide) groups is 1. The number of methoxy groups -OCH3 is 2. The molecular weight excluding hydrogens is 466 g/mol. The van der Waals surface area contributed by atoms with Gasteiger partial charge in [0.15, 0.2) is 11.5 Å². The van der Waals surface area contributed by atoms with Gasteiger partial charge in [0.25, 0.3) is 11.1 Å². The van der Waals surface area contributed by atoms with Crippen molar-refractivity contribution < 1.29 is 23.1 Å². The van der Waals surface area contributed by atoms with Gasteiger partial charge in [-0.3, -0.25) is 4.79 Å². The molecule has 9 heteroatoms. The molecule has 1 aliphatic heterocycles. The van der Waals surface area contributed by atoms with E-state index >= 15 is 0 Å². The van der Waals surface area contributed by atoms with Crippen LogP contribution in [0.1, 0.15) is 28.5 Å². The molecule has 1 amide bonds. The molecule has 0 N–H and O–H groups in total. The average Bonchev–Trinajstić information content (AvgIpc) is 3.54. The number of hydrogen-bond acceptors (Lipinski definition) is 8. The zero-order valence-corrected chi connectivity index (χ0v) is 20.5. The van der Waals surface area contributed by atoms with Crippen LogP contribution in [-0.4, -0.2) is 47.5 Å². The van der Waals surface area contributed by atoms with Gasteiger partial charge in [0.2, 0.25) is 5.91 Å². The summed E-state index contributed by atoms with van der Waals surface area (Å²) in [6.45, 7) is 2.42. The van der Waals surface area contributed by atoms with Crippen LogP contribution in [0.5, 0.6) is 11.5 Å². The quantitative estimate of drug-likeness (QED) is 0.337. The molecule has 0 saturated carbocycles. The van der Waals surface area contributed by atoms with Gasteiger partial charge in [-0.25, -0.2) is 0 Å². The lowest BCUT2D eigenvalue weighted by Gasteiger charge is -2.38. The average molecular weight is 492 g/mol. The van der Waals surface area contributed by atoms with Crippen LogP contribution >= 0.6 is 11.8 Å². The van der Waals surface area contributed by atoms with E-state index in [4.69, 9.17) is 18.3 Å². The van der Waals surface area contributed by atoms with Crippen molar-refractivity contribution in [2.75, 3.05) is 26.5 Å². The Balaban J connectivity index is 1.40. The Labute approximate surface area is 207 Å². The number of furan rings is 1. The summed E-state index contributed by atoms with van der Waals surface area (Å²) in [4.78, 5) is 15.4. The van der Waals surface area contributed by atoms with Crippen LogP contribution in [-0.2, 0) is 11.2 Å². The number of carbonyl (C=O) groups is 1. The van der Waals surface area contributed by atoms with Crippen LogP contribution in [0.4, 0.5) is 0 Å². The Morgan fingerprint density at radius 2 is 1.89 bits per heavy atom. The molecule has 2 aromatic heterocycles. The highest BCUT2D eigenvalue weighted by atomic mass is 32.2. The van der Waals surface area contributed by atoms with Gasteiger partial charge in [0, 0.05) is 6.54 Å². The van der Waals surface area contributed by atoms with Crippen molar-refractivity contribution in [3.8, 4) is 23.0 Å². The van der Waals surface area contributed by atoms with Gasteiger partial charge in [-0.05, 0) is 48.2 Å². The lowest BCUT2D eigenvalue weighted by atomic mass is 9.87. The number of fused-ring (bicyclic) bond motifs is 1. The van der Waals surface area contributed by atoms with Crippen LogP contribution in [0.3, 0.4) is 0 Å². The molecule has 35 heavy (non-hydrogen) atoms. The molecule has 4 aromatic rings. The predicted octanol–water partition coefficient (Wildman–Crippen LogP) is 4.92. The first kappa shape index (κ1) is 23.0. The Morgan fingerprint density at radius 1 is 1.11 bits per heavy atom. The summed E-state index contributed by atoms with van der Waals surface area (Å²) in [6, 6.07) is 15.6. The first-order valence-corrected chi connectivity index (χ1v) is 12.2. The maximum Gasteiger partial charge on any atom is 0.277 e. The molecule has 1 aliphatic rings. The summed E-state index contributed by atoms with van der Waals surface area (Å²) < 4.78 is 22.1. The van der Waals surface area contributed by atoms with E-state index in [1.165, 1.54) is 11.8 Å². The zero-order valence-electron chi connectivity index (χ0n) is 19.7. The van der Waals surface area contributed by atoms with Crippen molar-refractivity contribution >= 4 is 17.7 Å². The van der Waals surface area contributed by atoms with Crippen molar-refractivity contribution in [1.29, 1.82) is 0 Å². The maximum absolute atomic E-state index is 13.5. The standard InChI is InChI=1S/C26H25N3O5S/c1-16-19(10-12-33-16)25-27-28-26(34-25)35-15-23(30)29-11-9-18-13-21(31-2)22(32-3)14-20(18)24(29)17-7-5-4-6-8-17/h4-8,10,12-14,24H,9,11,15H2,1-3H3. The molecule has 180 valence electrons. The number of benzene rings is 2. The molecule has 1 atom stereocenters. The lowest BCUT2D eigenvalue weighted by Crippen LogP contribution is -2.41. The van der Waals surface area contributed by atoms with E-state index in [-0.39, 0.29) is 17.7 Å². The molecule has 1 unspecified atom stereocenters. The fourth-order valence-corrected chi connectivity index (χ4v) is 5.05. The normalized spacial score (nSPS) is 15.1. The van der Waals surface area contributed by atoms with Gasteiger partial charge >= 0.3 is 0 Å². The maximum atomic E-state index is 13.5. The second-order valence-electron chi connectivity index (χ2n) is 8.11. The first-order valence-electron chi connectivity index (χ1n) is 11.2. The summed E-state index contributed by atoms with van der Waals surface area (Å²) in [7, 11) is 3.25. The minimum absolute atomic E-state index is 0.0106. The third-order valence-electron chi connectivity index (χ3n) is 6.12. The van der Waals surface area contributed by atoms with E-state index in [0.717, 1.165) is 28.7 Å². The third kappa shape index (κ3) is 4.51. The van der Waals surface area contributed by atoms with E-state index in [2.05, 4.69) is 10.2 Å². The Morgan fingerprint density at radius 3 is 2.60 bits per heavy atom. The first-order chi connectivity index (χ1) is 17.1. The van der Waals surface area contributed by atoms with E-state index in [1.54, 1.807) is 26.5 Å². The minimum atomic E-state index is -0.236. The summed E-state index contributed by atoms with van der Waals surface area (Å²) in [5, 5.41) is 8.52. The van der Waals surface area contributed by atoms with Crippen molar-refractivity contribution in [3.63, 3.8) is 0 Å². The van der Waals surface area contributed by atoms with Crippen molar-refractivity contribution in [2.45, 2.75) is 24.6 Å². The summed E-state index contributed by atoms with van der Waals surface area (Å²) in [5.41, 5.74) is 3.96. The van der Waals surface area contributed by atoms with Crippen LogP contribution in [0.25, 0.3) is 11.5 Å². The van der Waals surface area contributed by atoms with E-state index in [0.29, 0.717) is 34.9 Å². The number of aromatic nitrogens is 2. The fraction of sp³-hybridized carbons (Fsp3) is 0.269. The number of carbonyl (C=O) groups excluding carboxylic acids is 1. The molecular formula is C26H25N3O5S. The topological polar surface area (TPSA) is 90.8 Å². The number of aryl methyl sites for hydroxylation is 1. The number of ether oxygens (including phenoxy) is 2. The van der Waals surface area contributed by atoms with Crippen molar-refractivity contribution in [2.24, 2.45) is 0 Å². The SMILES string of the molecule is COc1cc2c(cc1OC)C(c1ccccc1)N(C(=O)CSc1nnc(-c3ccoc3C)o1)CC2. The van der Waals surface area contributed by atoms with Gasteiger partial charge < -0.3 is 23.2 Å². The van der Waals surface area contributed by atoms with E-state index < -0.39 is 0 Å². The monoisotopic (exact) mass is 491 g/mol. The smallest absolute Gasteiger partial charge is 0.277 e. The molecule has 5 rings (SSSR count). The van der Waals surface area contributed by atoms with Gasteiger partial charge in [0.05, 0.1) is 37.8 Å². The number of rotatable bonds is 7.